The Morgan fingerprint density at radius 1 is 1.18 bits per heavy atom. The molecule has 0 bridgehead atoms. The standard InChI is InChI=1S/C13H10N2O2/c1-8-14-12(13(16)17-8)11-7-6-9-4-2-3-5-10(9)15-11/h2-7,12H,1H3. The number of benzene rings is 1. The largest absolute Gasteiger partial charge is 0.410 e. The van der Waals surface area contributed by atoms with E-state index >= 15 is 0 Å². The average Bonchev–Trinajstić information content (AvgIpc) is 2.68. The van der Waals surface area contributed by atoms with Gasteiger partial charge in [-0.2, -0.15) is 0 Å². The van der Waals surface area contributed by atoms with Crippen LogP contribution in [0.2, 0.25) is 0 Å². The lowest BCUT2D eigenvalue weighted by molar-refractivity contribution is -0.135. The van der Waals surface area contributed by atoms with Crippen molar-refractivity contribution in [2.45, 2.75) is 13.0 Å². The second kappa shape index (κ2) is 3.66. The van der Waals surface area contributed by atoms with Crippen molar-refractivity contribution in [1.29, 1.82) is 0 Å². The predicted molar refractivity (Wildman–Crippen MR) is 63.7 cm³/mol. The number of cyclic esters (lactones) is 1. The molecular weight excluding hydrogens is 216 g/mol. The monoisotopic (exact) mass is 226 g/mol. The van der Waals surface area contributed by atoms with Crippen molar-refractivity contribution >= 4 is 22.8 Å². The maximum atomic E-state index is 11.5. The molecule has 4 heteroatoms. The Balaban J connectivity index is 2.09. The van der Waals surface area contributed by atoms with Crippen LogP contribution >= 0.6 is 0 Å². The van der Waals surface area contributed by atoms with Crippen LogP contribution in [0.5, 0.6) is 0 Å². The molecule has 17 heavy (non-hydrogen) atoms. The zero-order valence-corrected chi connectivity index (χ0v) is 9.25. The summed E-state index contributed by atoms with van der Waals surface area (Å²) in [5.74, 6) is 0.0419. The van der Waals surface area contributed by atoms with Crippen LogP contribution in [0.4, 0.5) is 0 Å². The van der Waals surface area contributed by atoms with E-state index in [1.807, 2.05) is 36.4 Å². The van der Waals surface area contributed by atoms with E-state index in [0.717, 1.165) is 10.9 Å². The van der Waals surface area contributed by atoms with E-state index in [4.69, 9.17) is 4.74 Å². The van der Waals surface area contributed by atoms with Crippen LogP contribution in [0.15, 0.2) is 41.4 Å². The molecule has 2 aromatic rings. The number of hydrogen-bond acceptors (Lipinski definition) is 4. The molecule has 2 heterocycles. The minimum Gasteiger partial charge on any atom is -0.410 e. The van der Waals surface area contributed by atoms with Gasteiger partial charge in [-0.3, -0.25) is 0 Å². The molecule has 1 aromatic carbocycles. The van der Waals surface area contributed by atoms with Gasteiger partial charge in [0.05, 0.1) is 11.2 Å². The van der Waals surface area contributed by atoms with Gasteiger partial charge in [0.25, 0.3) is 0 Å². The van der Waals surface area contributed by atoms with E-state index < -0.39 is 6.04 Å². The highest BCUT2D eigenvalue weighted by Gasteiger charge is 2.29. The first-order valence-electron chi connectivity index (χ1n) is 5.36. The molecule has 0 saturated heterocycles. The van der Waals surface area contributed by atoms with Crippen LogP contribution < -0.4 is 0 Å². The fraction of sp³-hybridized carbons (Fsp3) is 0.154. The molecule has 0 amide bonds. The number of aromatic nitrogens is 1. The summed E-state index contributed by atoms with van der Waals surface area (Å²) in [6, 6.07) is 10.9. The molecule has 0 spiro atoms. The van der Waals surface area contributed by atoms with Gasteiger partial charge >= 0.3 is 5.97 Å². The second-order valence-corrected chi connectivity index (χ2v) is 3.90. The van der Waals surface area contributed by atoms with Gasteiger partial charge in [-0.05, 0) is 12.1 Å². The Bertz CT molecular complexity index is 634. The molecule has 0 radical (unpaired) electrons. The minimum absolute atomic E-state index is 0.356. The van der Waals surface area contributed by atoms with Crippen molar-refractivity contribution in [3.8, 4) is 0 Å². The van der Waals surface area contributed by atoms with Crippen molar-refractivity contribution < 1.29 is 9.53 Å². The number of para-hydroxylation sites is 1. The predicted octanol–water partition coefficient (Wildman–Crippen LogP) is 2.25. The highest BCUT2D eigenvalue weighted by Crippen LogP contribution is 2.24. The van der Waals surface area contributed by atoms with E-state index in [-0.39, 0.29) is 5.97 Å². The molecule has 1 atom stereocenters. The Morgan fingerprint density at radius 2 is 2.00 bits per heavy atom. The lowest BCUT2D eigenvalue weighted by Crippen LogP contribution is -2.08. The number of pyridine rings is 1. The lowest BCUT2D eigenvalue weighted by Gasteiger charge is -2.04. The molecule has 0 fully saturated rings. The van der Waals surface area contributed by atoms with E-state index in [1.54, 1.807) is 6.92 Å². The summed E-state index contributed by atoms with van der Waals surface area (Å²) in [5, 5.41) is 1.04. The van der Waals surface area contributed by atoms with Crippen LogP contribution in [-0.4, -0.2) is 16.9 Å². The third kappa shape index (κ3) is 1.67. The third-order valence-corrected chi connectivity index (χ3v) is 2.68. The molecule has 1 aliphatic rings. The molecule has 0 aliphatic carbocycles. The summed E-state index contributed by atoms with van der Waals surface area (Å²) in [6.07, 6.45) is 0. The zero-order chi connectivity index (χ0) is 11.8. The van der Waals surface area contributed by atoms with Crippen LogP contribution in [0.1, 0.15) is 18.7 Å². The first-order chi connectivity index (χ1) is 8.24. The lowest BCUT2D eigenvalue weighted by atomic mass is 10.1. The Hall–Kier alpha value is -2.23. The van der Waals surface area contributed by atoms with Gasteiger partial charge in [0, 0.05) is 12.3 Å². The summed E-state index contributed by atoms with van der Waals surface area (Å²) in [4.78, 5) is 20.1. The number of fused-ring (bicyclic) bond motifs is 1. The van der Waals surface area contributed by atoms with Gasteiger partial charge < -0.3 is 4.74 Å². The summed E-state index contributed by atoms with van der Waals surface area (Å²) in [7, 11) is 0. The number of esters is 1. The van der Waals surface area contributed by atoms with E-state index in [2.05, 4.69) is 9.98 Å². The van der Waals surface area contributed by atoms with E-state index in [0.29, 0.717) is 11.6 Å². The molecule has 4 nitrogen and oxygen atoms in total. The topological polar surface area (TPSA) is 51.5 Å². The van der Waals surface area contributed by atoms with E-state index in [9.17, 15) is 4.79 Å². The van der Waals surface area contributed by atoms with Gasteiger partial charge in [-0.15, -0.1) is 0 Å². The van der Waals surface area contributed by atoms with Crippen molar-refractivity contribution in [2.24, 2.45) is 4.99 Å². The Labute approximate surface area is 98.0 Å². The minimum atomic E-state index is -0.611. The third-order valence-electron chi connectivity index (χ3n) is 2.68. The van der Waals surface area contributed by atoms with Crippen molar-refractivity contribution in [1.82, 2.24) is 4.98 Å². The number of carbonyl (C=O) groups is 1. The molecule has 84 valence electrons. The van der Waals surface area contributed by atoms with Crippen LogP contribution in [0, 0.1) is 0 Å². The summed E-state index contributed by atoms with van der Waals surface area (Å²) in [6.45, 7) is 1.67. The number of nitrogens with zero attached hydrogens (tertiary/aromatic N) is 2. The highest BCUT2D eigenvalue weighted by atomic mass is 16.6. The van der Waals surface area contributed by atoms with Crippen LogP contribution in [0.3, 0.4) is 0 Å². The smallest absolute Gasteiger partial charge is 0.343 e. The average molecular weight is 226 g/mol. The SMILES string of the molecule is CC1=NC(c2ccc3ccccc3n2)C(=O)O1. The molecule has 3 rings (SSSR count). The molecule has 1 unspecified atom stereocenters. The van der Waals surface area contributed by atoms with Gasteiger partial charge in [0.15, 0.2) is 11.9 Å². The Kier molecular flexibility index (Phi) is 2.14. The van der Waals surface area contributed by atoms with Crippen molar-refractivity contribution in [2.75, 3.05) is 0 Å². The molecule has 0 N–H and O–H groups in total. The van der Waals surface area contributed by atoms with Crippen LogP contribution in [0.25, 0.3) is 10.9 Å². The van der Waals surface area contributed by atoms with Gasteiger partial charge in [-0.1, -0.05) is 24.3 Å². The number of ether oxygens (including phenoxy) is 1. The number of aliphatic imine (C=N–C) groups is 1. The van der Waals surface area contributed by atoms with Gasteiger partial charge in [0.2, 0.25) is 0 Å². The fourth-order valence-corrected chi connectivity index (χ4v) is 1.88. The van der Waals surface area contributed by atoms with Gasteiger partial charge in [-0.25, -0.2) is 14.8 Å². The van der Waals surface area contributed by atoms with Crippen molar-refractivity contribution in [3.05, 3.63) is 42.1 Å². The summed E-state index contributed by atoms with van der Waals surface area (Å²) in [5.41, 5.74) is 1.49. The second-order valence-electron chi connectivity index (χ2n) is 3.90. The highest BCUT2D eigenvalue weighted by molar-refractivity contribution is 5.96. The molecule has 1 aromatic heterocycles. The van der Waals surface area contributed by atoms with Crippen LogP contribution in [-0.2, 0) is 9.53 Å². The normalized spacial score (nSPS) is 19.2. The van der Waals surface area contributed by atoms with E-state index in [1.165, 1.54) is 0 Å². The van der Waals surface area contributed by atoms with Crippen molar-refractivity contribution in [3.63, 3.8) is 0 Å². The molecule has 1 aliphatic heterocycles. The molecule has 0 saturated carbocycles. The van der Waals surface area contributed by atoms with Gasteiger partial charge in [0.1, 0.15) is 0 Å². The summed E-state index contributed by atoms with van der Waals surface area (Å²) >= 11 is 0. The maximum Gasteiger partial charge on any atom is 0.343 e. The fourth-order valence-electron chi connectivity index (χ4n) is 1.88. The first-order valence-corrected chi connectivity index (χ1v) is 5.36. The maximum absolute atomic E-state index is 11.5. The first kappa shape index (κ1) is 9.96. The number of hydrogen-bond donors (Lipinski definition) is 0. The summed E-state index contributed by atoms with van der Waals surface area (Å²) < 4.78 is 4.91. The number of carbonyl (C=O) groups excluding carboxylic acids is 1. The Morgan fingerprint density at radius 3 is 2.76 bits per heavy atom. The number of rotatable bonds is 1. The zero-order valence-electron chi connectivity index (χ0n) is 9.25. The molecular formula is C13H10N2O2. The quantitative estimate of drug-likeness (QED) is 0.701.